The number of rotatable bonds is 6. The number of carbonyl (C=O) groups is 1. The van der Waals surface area contributed by atoms with Crippen LogP contribution in [0.5, 0.6) is 0 Å². The molecular weight excluding hydrogens is 376 g/mol. The minimum atomic E-state index is -3.38. The van der Waals surface area contributed by atoms with Crippen LogP contribution in [0.2, 0.25) is 0 Å². The lowest BCUT2D eigenvalue weighted by Gasteiger charge is -2.31. The maximum absolute atomic E-state index is 12.6. The first-order valence-corrected chi connectivity index (χ1v) is 12.1. The molecule has 1 aromatic carbocycles. The Hall–Kier alpha value is -1.45. The van der Waals surface area contributed by atoms with Gasteiger partial charge in [-0.1, -0.05) is 13.0 Å². The largest absolute Gasteiger partial charge is 0.326 e. The zero-order valence-electron chi connectivity index (χ0n) is 15.4. The molecule has 1 aliphatic rings. The molecule has 2 rings (SSSR count). The average Bonchev–Trinajstić information content (AvgIpc) is 2.56. The first-order valence-electron chi connectivity index (χ1n) is 8.64. The number of hydrogen-bond acceptors (Lipinski definition) is 5. The van der Waals surface area contributed by atoms with Gasteiger partial charge in [-0.3, -0.25) is 4.79 Å². The highest BCUT2D eigenvalue weighted by molar-refractivity contribution is 7.90. The predicted molar refractivity (Wildman–Crippen MR) is 101 cm³/mol. The fraction of sp³-hybridized carbons (Fsp3) is 0.588. The molecule has 0 bridgehead atoms. The van der Waals surface area contributed by atoms with E-state index in [4.69, 9.17) is 0 Å². The van der Waals surface area contributed by atoms with Crippen molar-refractivity contribution in [2.24, 2.45) is 5.92 Å². The molecule has 1 N–H and O–H groups in total. The standard InChI is InChI=1S/C17H26N2O5S2/c1-4-10-26(23,24)19-9-5-6-14(12-19)17(20)18-16-11-15(25(3,21)22)8-7-13(16)2/h7-8,11,14H,4-6,9-10,12H2,1-3H3,(H,18,20)/t14-/m0/s1. The van der Waals surface area contributed by atoms with Crippen LogP contribution >= 0.6 is 0 Å². The SMILES string of the molecule is CCCS(=O)(=O)N1CCC[C@H](C(=O)Nc2cc(S(C)(=O)=O)ccc2C)C1. The van der Waals surface area contributed by atoms with E-state index in [-0.39, 0.29) is 23.1 Å². The number of piperidine rings is 1. The minimum Gasteiger partial charge on any atom is -0.326 e. The third kappa shape index (κ3) is 5.05. The van der Waals surface area contributed by atoms with E-state index in [1.807, 2.05) is 6.92 Å². The summed E-state index contributed by atoms with van der Waals surface area (Å²) in [7, 11) is -6.71. The Bertz CT molecular complexity index is 878. The van der Waals surface area contributed by atoms with Gasteiger partial charge < -0.3 is 5.32 Å². The van der Waals surface area contributed by atoms with Crippen molar-refractivity contribution in [1.29, 1.82) is 0 Å². The van der Waals surface area contributed by atoms with Gasteiger partial charge in [0.15, 0.2) is 9.84 Å². The summed E-state index contributed by atoms with van der Waals surface area (Å²) in [6.45, 7) is 4.19. The molecule has 1 atom stereocenters. The Kier molecular flexibility index (Phi) is 6.46. The molecule has 0 aromatic heterocycles. The highest BCUT2D eigenvalue weighted by Crippen LogP contribution is 2.24. The number of aryl methyl sites for hydroxylation is 1. The monoisotopic (exact) mass is 402 g/mol. The molecule has 146 valence electrons. The molecule has 26 heavy (non-hydrogen) atoms. The van der Waals surface area contributed by atoms with Crippen molar-refractivity contribution in [1.82, 2.24) is 4.31 Å². The quantitative estimate of drug-likeness (QED) is 0.782. The lowest BCUT2D eigenvalue weighted by Crippen LogP contribution is -2.44. The van der Waals surface area contributed by atoms with E-state index in [0.717, 1.165) is 11.8 Å². The number of amides is 1. The Labute approximate surface area is 155 Å². The zero-order chi connectivity index (χ0) is 19.5. The summed E-state index contributed by atoms with van der Waals surface area (Å²) in [6.07, 6.45) is 2.88. The van der Waals surface area contributed by atoms with Crippen molar-refractivity contribution in [3.05, 3.63) is 23.8 Å². The molecule has 1 aliphatic heterocycles. The van der Waals surface area contributed by atoms with Gasteiger partial charge in [0.2, 0.25) is 15.9 Å². The molecule has 9 heteroatoms. The Morgan fingerprint density at radius 2 is 1.96 bits per heavy atom. The number of nitrogens with zero attached hydrogens (tertiary/aromatic N) is 1. The van der Waals surface area contributed by atoms with Crippen molar-refractivity contribution in [3.63, 3.8) is 0 Å². The van der Waals surface area contributed by atoms with Crippen LogP contribution in [-0.4, -0.2) is 52.1 Å². The highest BCUT2D eigenvalue weighted by Gasteiger charge is 2.32. The topological polar surface area (TPSA) is 101 Å². The molecule has 0 radical (unpaired) electrons. The van der Waals surface area contributed by atoms with E-state index in [1.165, 1.54) is 16.4 Å². The van der Waals surface area contributed by atoms with Crippen LogP contribution in [0, 0.1) is 12.8 Å². The van der Waals surface area contributed by atoms with Gasteiger partial charge in [0.25, 0.3) is 0 Å². The van der Waals surface area contributed by atoms with Crippen LogP contribution in [0.15, 0.2) is 23.1 Å². The van der Waals surface area contributed by atoms with Gasteiger partial charge in [-0.2, -0.15) is 0 Å². The number of sulfonamides is 1. The number of carbonyl (C=O) groups excluding carboxylic acids is 1. The molecule has 1 amide bonds. The number of hydrogen-bond donors (Lipinski definition) is 1. The van der Waals surface area contributed by atoms with E-state index in [9.17, 15) is 21.6 Å². The second kappa shape index (κ2) is 8.06. The van der Waals surface area contributed by atoms with Gasteiger partial charge in [0.05, 0.1) is 16.6 Å². The second-order valence-electron chi connectivity index (χ2n) is 6.75. The predicted octanol–water partition coefficient (Wildman–Crippen LogP) is 1.79. The molecule has 1 saturated heterocycles. The molecule has 1 fully saturated rings. The van der Waals surface area contributed by atoms with Gasteiger partial charge in [-0.05, 0) is 43.9 Å². The third-order valence-electron chi connectivity index (χ3n) is 4.51. The summed E-state index contributed by atoms with van der Waals surface area (Å²) >= 11 is 0. The van der Waals surface area contributed by atoms with Crippen molar-refractivity contribution in [3.8, 4) is 0 Å². The first-order chi connectivity index (χ1) is 12.0. The van der Waals surface area contributed by atoms with Gasteiger partial charge in [0.1, 0.15) is 0 Å². The van der Waals surface area contributed by atoms with Crippen LogP contribution in [0.3, 0.4) is 0 Å². The van der Waals surface area contributed by atoms with Gasteiger partial charge in [0, 0.05) is 25.0 Å². The maximum Gasteiger partial charge on any atom is 0.228 e. The lowest BCUT2D eigenvalue weighted by atomic mass is 9.98. The van der Waals surface area contributed by atoms with E-state index in [2.05, 4.69) is 5.32 Å². The second-order valence-corrected chi connectivity index (χ2v) is 10.9. The average molecular weight is 403 g/mol. The Morgan fingerprint density at radius 3 is 2.58 bits per heavy atom. The molecule has 0 spiro atoms. The fourth-order valence-electron chi connectivity index (χ4n) is 3.00. The Morgan fingerprint density at radius 1 is 1.27 bits per heavy atom. The molecule has 0 aliphatic carbocycles. The van der Waals surface area contributed by atoms with E-state index in [1.54, 1.807) is 13.0 Å². The number of benzene rings is 1. The van der Waals surface area contributed by atoms with E-state index in [0.29, 0.717) is 31.5 Å². The van der Waals surface area contributed by atoms with Crippen LogP contribution in [0.25, 0.3) is 0 Å². The first kappa shape index (κ1) is 20.9. The van der Waals surface area contributed by atoms with Crippen molar-refractivity contribution < 1.29 is 21.6 Å². The van der Waals surface area contributed by atoms with Gasteiger partial charge in [-0.25, -0.2) is 21.1 Å². The van der Waals surface area contributed by atoms with Crippen LogP contribution in [0.4, 0.5) is 5.69 Å². The number of sulfone groups is 1. The molecule has 7 nitrogen and oxygen atoms in total. The number of nitrogens with one attached hydrogen (secondary N) is 1. The molecule has 0 unspecified atom stereocenters. The van der Waals surface area contributed by atoms with Crippen molar-refractivity contribution >= 4 is 31.5 Å². The van der Waals surface area contributed by atoms with Crippen molar-refractivity contribution in [2.75, 3.05) is 30.4 Å². The van der Waals surface area contributed by atoms with Gasteiger partial charge >= 0.3 is 0 Å². The smallest absolute Gasteiger partial charge is 0.228 e. The summed E-state index contributed by atoms with van der Waals surface area (Å²) < 4.78 is 49.3. The summed E-state index contributed by atoms with van der Waals surface area (Å²) in [5, 5.41) is 2.77. The highest BCUT2D eigenvalue weighted by atomic mass is 32.2. The van der Waals surface area contributed by atoms with Crippen LogP contribution < -0.4 is 5.32 Å². The number of anilines is 1. The summed E-state index contributed by atoms with van der Waals surface area (Å²) in [6, 6.07) is 4.59. The summed E-state index contributed by atoms with van der Waals surface area (Å²) in [4.78, 5) is 12.8. The lowest BCUT2D eigenvalue weighted by molar-refractivity contribution is -0.120. The molecule has 1 aromatic rings. The molecule has 1 heterocycles. The Balaban J connectivity index is 2.15. The van der Waals surface area contributed by atoms with E-state index < -0.39 is 25.8 Å². The zero-order valence-corrected chi connectivity index (χ0v) is 17.0. The maximum atomic E-state index is 12.6. The minimum absolute atomic E-state index is 0.0802. The third-order valence-corrected chi connectivity index (χ3v) is 7.66. The summed E-state index contributed by atoms with van der Waals surface area (Å²) in [5.41, 5.74) is 1.18. The molecular formula is C17H26N2O5S2. The normalized spacial score (nSPS) is 19.3. The summed E-state index contributed by atoms with van der Waals surface area (Å²) in [5.74, 6) is -0.650. The van der Waals surface area contributed by atoms with Crippen molar-refractivity contribution in [2.45, 2.75) is 38.0 Å². The molecule has 0 saturated carbocycles. The van der Waals surface area contributed by atoms with Gasteiger partial charge in [-0.15, -0.1) is 0 Å². The fourth-order valence-corrected chi connectivity index (χ4v) is 5.23. The van der Waals surface area contributed by atoms with Crippen LogP contribution in [-0.2, 0) is 24.7 Å². The van der Waals surface area contributed by atoms with E-state index >= 15 is 0 Å². The van der Waals surface area contributed by atoms with Crippen LogP contribution in [0.1, 0.15) is 31.7 Å².